The predicted molar refractivity (Wildman–Crippen MR) is 79.3 cm³/mol. The molecule has 2 N–H and O–H groups in total. The van der Waals surface area contributed by atoms with E-state index in [0.717, 1.165) is 6.42 Å². The molecule has 0 spiro atoms. The Bertz CT molecular complexity index is 549. The average molecular weight is 269 g/mol. The van der Waals surface area contributed by atoms with Crippen LogP contribution in [0.25, 0.3) is 0 Å². The van der Waals surface area contributed by atoms with Gasteiger partial charge in [-0.15, -0.1) is 0 Å². The van der Waals surface area contributed by atoms with Crippen molar-refractivity contribution in [2.45, 2.75) is 19.4 Å². The smallest absolute Gasteiger partial charge is 0.253 e. The Kier molecular flexibility index (Phi) is 4.91. The van der Waals surface area contributed by atoms with E-state index in [2.05, 4.69) is 29.6 Å². The van der Waals surface area contributed by atoms with Crippen LogP contribution in [-0.4, -0.2) is 17.6 Å². The zero-order chi connectivity index (χ0) is 14.4. The molecule has 1 amide bonds. The summed E-state index contributed by atoms with van der Waals surface area (Å²) in [6.45, 7) is 2.56. The van der Waals surface area contributed by atoms with Crippen molar-refractivity contribution in [2.24, 2.45) is 0 Å². The number of amides is 1. The van der Waals surface area contributed by atoms with Gasteiger partial charge in [0.25, 0.3) is 5.91 Å². The molecule has 0 aliphatic heterocycles. The van der Waals surface area contributed by atoms with Crippen LogP contribution in [0.5, 0.6) is 0 Å². The van der Waals surface area contributed by atoms with E-state index in [9.17, 15) is 9.90 Å². The Balaban J connectivity index is 1.82. The molecule has 20 heavy (non-hydrogen) atoms. The van der Waals surface area contributed by atoms with Gasteiger partial charge in [0.2, 0.25) is 0 Å². The predicted octanol–water partition coefficient (Wildman–Crippen LogP) is 2.39. The van der Waals surface area contributed by atoms with Gasteiger partial charge in [0.05, 0.1) is 0 Å². The van der Waals surface area contributed by atoms with Gasteiger partial charge >= 0.3 is 0 Å². The largest absolute Gasteiger partial charge is 0.378 e. The van der Waals surface area contributed by atoms with Crippen LogP contribution in [0.1, 0.15) is 22.8 Å². The number of rotatable bonds is 5. The Morgan fingerprint density at radius 1 is 1.10 bits per heavy atom. The second-order valence-electron chi connectivity index (χ2n) is 4.84. The molecule has 0 bridgehead atoms. The quantitative estimate of drug-likeness (QED) is 0.875. The molecule has 104 valence electrons. The van der Waals surface area contributed by atoms with Gasteiger partial charge in [-0.25, -0.2) is 0 Å². The molecule has 2 aromatic carbocycles. The summed E-state index contributed by atoms with van der Waals surface area (Å²) in [7, 11) is 0. The SMILES string of the molecule is Cc1ccc(CCNC(=O)[C@H](O)c2ccccc2)cc1. The standard InChI is InChI=1S/C17H19NO2/c1-13-7-9-14(10-8-13)11-12-18-17(20)16(19)15-5-3-2-4-6-15/h2-10,16,19H,11-12H2,1H3,(H,18,20)/t16-/m1/s1. The van der Waals surface area contributed by atoms with Crippen LogP contribution in [-0.2, 0) is 11.2 Å². The molecular formula is C17H19NO2. The maximum absolute atomic E-state index is 11.8. The molecule has 0 unspecified atom stereocenters. The molecule has 0 fully saturated rings. The number of nitrogens with one attached hydrogen (secondary N) is 1. The topological polar surface area (TPSA) is 49.3 Å². The highest BCUT2D eigenvalue weighted by atomic mass is 16.3. The van der Waals surface area contributed by atoms with Crippen LogP contribution < -0.4 is 5.32 Å². The van der Waals surface area contributed by atoms with Crippen LogP contribution in [0.4, 0.5) is 0 Å². The highest BCUT2D eigenvalue weighted by molar-refractivity contribution is 5.81. The van der Waals surface area contributed by atoms with Crippen molar-refractivity contribution in [3.63, 3.8) is 0 Å². The lowest BCUT2D eigenvalue weighted by Gasteiger charge is -2.11. The molecule has 3 heteroatoms. The fraction of sp³-hybridized carbons (Fsp3) is 0.235. The van der Waals surface area contributed by atoms with Crippen LogP contribution in [0.15, 0.2) is 54.6 Å². The van der Waals surface area contributed by atoms with E-state index in [4.69, 9.17) is 0 Å². The molecule has 0 heterocycles. The number of hydrogen-bond donors (Lipinski definition) is 2. The summed E-state index contributed by atoms with van der Waals surface area (Å²) in [5.74, 6) is -0.358. The van der Waals surface area contributed by atoms with E-state index < -0.39 is 6.10 Å². The van der Waals surface area contributed by atoms with Gasteiger partial charge in [-0.1, -0.05) is 60.2 Å². The summed E-state index contributed by atoms with van der Waals surface area (Å²) in [6.07, 6.45) is -0.345. The van der Waals surface area contributed by atoms with E-state index in [1.807, 2.05) is 13.0 Å². The molecule has 0 aliphatic rings. The number of aryl methyl sites for hydroxylation is 1. The summed E-state index contributed by atoms with van der Waals surface area (Å²) in [6, 6.07) is 17.1. The zero-order valence-corrected chi connectivity index (χ0v) is 11.5. The number of aliphatic hydroxyl groups is 1. The van der Waals surface area contributed by atoms with Crippen molar-refractivity contribution in [3.05, 3.63) is 71.3 Å². The summed E-state index contributed by atoms with van der Waals surface area (Å²) in [5.41, 5.74) is 3.00. The highest BCUT2D eigenvalue weighted by Gasteiger charge is 2.15. The molecule has 0 saturated heterocycles. The molecule has 2 aromatic rings. The fourth-order valence-electron chi connectivity index (χ4n) is 1.97. The second-order valence-corrected chi connectivity index (χ2v) is 4.84. The monoisotopic (exact) mass is 269 g/mol. The van der Waals surface area contributed by atoms with E-state index >= 15 is 0 Å². The van der Waals surface area contributed by atoms with Gasteiger partial charge in [0, 0.05) is 6.54 Å². The van der Waals surface area contributed by atoms with Crippen molar-refractivity contribution in [1.82, 2.24) is 5.32 Å². The first-order valence-corrected chi connectivity index (χ1v) is 6.73. The molecule has 0 aromatic heterocycles. The number of carbonyl (C=O) groups excluding carboxylic acids is 1. The molecule has 0 radical (unpaired) electrons. The van der Waals surface area contributed by atoms with Gasteiger partial charge in [-0.05, 0) is 24.5 Å². The van der Waals surface area contributed by atoms with Gasteiger partial charge in [-0.3, -0.25) is 4.79 Å². The van der Waals surface area contributed by atoms with Crippen molar-refractivity contribution in [3.8, 4) is 0 Å². The molecule has 0 saturated carbocycles. The minimum Gasteiger partial charge on any atom is -0.378 e. The molecule has 1 atom stereocenters. The number of aliphatic hydroxyl groups excluding tert-OH is 1. The maximum Gasteiger partial charge on any atom is 0.253 e. The third kappa shape index (κ3) is 3.93. The van der Waals surface area contributed by atoms with E-state index in [1.165, 1.54) is 11.1 Å². The normalized spacial score (nSPS) is 11.9. The maximum atomic E-state index is 11.8. The minimum absolute atomic E-state index is 0.358. The zero-order valence-electron chi connectivity index (χ0n) is 11.5. The van der Waals surface area contributed by atoms with Crippen molar-refractivity contribution >= 4 is 5.91 Å². The summed E-state index contributed by atoms with van der Waals surface area (Å²) in [4.78, 5) is 11.8. The fourth-order valence-corrected chi connectivity index (χ4v) is 1.97. The van der Waals surface area contributed by atoms with Gasteiger partial charge in [-0.2, -0.15) is 0 Å². The third-order valence-corrected chi connectivity index (χ3v) is 3.20. The molecule has 3 nitrogen and oxygen atoms in total. The second kappa shape index (κ2) is 6.87. The lowest BCUT2D eigenvalue weighted by atomic mass is 10.1. The molecule has 0 aliphatic carbocycles. The van der Waals surface area contributed by atoms with E-state index in [-0.39, 0.29) is 5.91 Å². The van der Waals surface area contributed by atoms with Gasteiger partial charge in [0.1, 0.15) is 0 Å². The van der Waals surface area contributed by atoms with Crippen molar-refractivity contribution in [1.29, 1.82) is 0 Å². The van der Waals surface area contributed by atoms with Crippen LogP contribution in [0.3, 0.4) is 0 Å². The lowest BCUT2D eigenvalue weighted by molar-refractivity contribution is -0.129. The van der Waals surface area contributed by atoms with Gasteiger partial charge < -0.3 is 10.4 Å². The Morgan fingerprint density at radius 3 is 2.40 bits per heavy atom. The number of hydrogen-bond acceptors (Lipinski definition) is 2. The van der Waals surface area contributed by atoms with Crippen LogP contribution >= 0.6 is 0 Å². The van der Waals surface area contributed by atoms with Crippen LogP contribution in [0.2, 0.25) is 0 Å². The highest BCUT2D eigenvalue weighted by Crippen LogP contribution is 2.11. The third-order valence-electron chi connectivity index (χ3n) is 3.20. The summed E-state index contributed by atoms with van der Waals surface area (Å²) < 4.78 is 0. The number of benzene rings is 2. The Morgan fingerprint density at radius 2 is 1.75 bits per heavy atom. The Labute approximate surface area is 119 Å². The van der Waals surface area contributed by atoms with Crippen LogP contribution in [0, 0.1) is 6.92 Å². The van der Waals surface area contributed by atoms with E-state index in [1.54, 1.807) is 24.3 Å². The minimum atomic E-state index is -1.10. The van der Waals surface area contributed by atoms with Crippen molar-refractivity contribution < 1.29 is 9.90 Å². The summed E-state index contributed by atoms with van der Waals surface area (Å²) >= 11 is 0. The summed E-state index contributed by atoms with van der Waals surface area (Å²) in [5, 5.41) is 12.7. The first kappa shape index (κ1) is 14.3. The Hall–Kier alpha value is -2.13. The van der Waals surface area contributed by atoms with Gasteiger partial charge in [0.15, 0.2) is 6.10 Å². The first-order valence-electron chi connectivity index (χ1n) is 6.73. The first-order chi connectivity index (χ1) is 9.66. The lowest BCUT2D eigenvalue weighted by Crippen LogP contribution is -2.30. The average Bonchev–Trinajstić information content (AvgIpc) is 2.49. The molecular weight excluding hydrogens is 250 g/mol. The number of carbonyl (C=O) groups is 1. The molecule has 2 rings (SSSR count). The van der Waals surface area contributed by atoms with Crippen molar-refractivity contribution in [2.75, 3.05) is 6.54 Å². The van der Waals surface area contributed by atoms with E-state index in [0.29, 0.717) is 12.1 Å².